The van der Waals surface area contributed by atoms with Gasteiger partial charge in [-0.2, -0.15) is 10.2 Å². The molecule has 4 aromatic rings. The number of aromatic nitrogens is 4. The van der Waals surface area contributed by atoms with Crippen molar-refractivity contribution in [3.8, 4) is 0 Å². The van der Waals surface area contributed by atoms with Gasteiger partial charge in [0, 0.05) is 40.0 Å². The van der Waals surface area contributed by atoms with E-state index in [1.54, 1.807) is 39.8 Å². The normalized spacial score (nSPS) is 10.6. The Morgan fingerprint density at radius 1 is 0.900 bits per heavy atom. The molecule has 0 aliphatic rings. The van der Waals surface area contributed by atoms with Gasteiger partial charge in [-0.25, -0.2) is 9.59 Å². The number of carbonyl (C=O) groups excluding carboxylic acids is 2. The van der Waals surface area contributed by atoms with Crippen LogP contribution >= 0.6 is 31.9 Å². The number of benzene rings is 2. The van der Waals surface area contributed by atoms with Crippen molar-refractivity contribution in [1.82, 2.24) is 19.6 Å². The van der Waals surface area contributed by atoms with Gasteiger partial charge in [-0.05, 0) is 56.1 Å². The minimum absolute atomic E-state index is 0.346. The number of hydrogen-bond donors (Lipinski definition) is 0. The van der Waals surface area contributed by atoms with Gasteiger partial charge >= 0.3 is 11.9 Å². The summed E-state index contributed by atoms with van der Waals surface area (Å²) in [6.45, 7) is 0. The van der Waals surface area contributed by atoms with E-state index in [1.807, 2.05) is 20.3 Å². The lowest BCUT2D eigenvalue weighted by molar-refractivity contribution is 0.0592. The molecule has 0 aliphatic carbocycles. The van der Waals surface area contributed by atoms with Crippen LogP contribution in [0.1, 0.15) is 20.7 Å². The van der Waals surface area contributed by atoms with Crippen molar-refractivity contribution in [3.05, 3.63) is 56.7 Å². The monoisotopic (exact) mass is 536 g/mol. The van der Waals surface area contributed by atoms with Gasteiger partial charge in [0.1, 0.15) is 5.52 Å². The fraction of sp³-hybridized carbons (Fsp3) is 0.200. The number of esters is 2. The molecule has 0 amide bonds. The molecule has 0 aliphatic heterocycles. The second kappa shape index (κ2) is 8.97. The summed E-state index contributed by atoms with van der Waals surface area (Å²) in [5.74, 6) is -0.692. The first-order chi connectivity index (χ1) is 14.2. The Hall–Kier alpha value is -2.72. The molecule has 156 valence electrons. The molecule has 2 aromatic carbocycles. The maximum atomic E-state index is 11.3. The molecule has 0 spiro atoms. The molecule has 0 fully saturated rings. The Morgan fingerprint density at radius 2 is 1.47 bits per heavy atom. The Bertz CT molecular complexity index is 1240. The van der Waals surface area contributed by atoms with Crippen molar-refractivity contribution in [2.75, 3.05) is 14.2 Å². The van der Waals surface area contributed by atoms with Crippen molar-refractivity contribution in [2.45, 2.75) is 0 Å². The van der Waals surface area contributed by atoms with Gasteiger partial charge < -0.3 is 9.47 Å². The van der Waals surface area contributed by atoms with Crippen LogP contribution in [0.2, 0.25) is 0 Å². The van der Waals surface area contributed by atoms with Gasteiger partial charge in [-0.3, -0.25) is 9.36 Å². The number of ether oxygens (including phenoxy) is 2. The molecule has 10 heteroatoms. The number of fused-ring (bicyclic) bond motifs is 2. The van der Waals surface area contributed by atoms with Crippen LogP contribution in [0.25, 0.3) is 21.8 Å². The zero-order chi connectivity index (χ0) is 22.0. The van der Waals surface area contributed by atoms with E-state index in [0.29, 0.717) is 11.1 Å². The van der Waals surface area contributed by atoms with Crippen LogP contribution in [0.3, 0.4) is 0 Å². The summed E-state index contributed by atoms with van der Waals surface area (Å²) in [5, 5.41) is 10.2. The van der Waals surface area contributed by atoms with Crippen LogP contribution < -0.4 is 0 Å². The molecular weight excluding hydrogens is 520 g/mol. The lowest BCUT2D eigenvalue weighted by Gasteiger charge is -2.02. The van der Waals surface area contributed by atoms with Gasteiger partial charge in [-0.15, -0.1) is 0 Å². The third-order valence-corrected chi connectivity index (χ3v) is 5.51. The molecule has 2 aromatic heterocycles. The molecule has 4 rings (SSSR count). The topological polar surface area (TPSA) is 88.2 Å². The first-order valence-corrected chi connectivity index (χ1v) is 10.2. The third kappa shape index (κ3) is 4.39. The standard InChI is InChI=1S/2C10H9BrN2O2/c1-13-5-7-3-6(10(14)15-2)4-8(11)9(7)12-13;1-13-9-7(5-12-13)3-6(4-8(9)11)10(14)15-2/h2*3-5H,1-2H3. The van der Waals surface area contributed by atoms with Gasteiger partial charge in [0.15, 0.2) is 0 Å². The number of rotatable bonds is 2. The molecule has 30 heavy (non-hydrogen) atoms. The summed E-state index contributed by atoms with van der Waals surface area (Å²) in [6.07, 6.45) is 3.57. The Kier molecular flexibility index (Phi) is 6.57. The van der Waals surface area contributed by atoms with E-state index in [4.69, 9.17) is 0 Å². The van der Waals surface area contributed by atoms with Gasteiger partial charge in [0.05, 0.1) is 37.1 Å². The highest BCUT2D eigenvalue weighted by Gasteiger charge is 2.12. The van der Waals surface area contributed by atoms with E-state index in [0.717, 1.165) is 30.8 Å². The number of methoxy groups -OCH3 is 2. The average molecular weight is 538 g/mol. The summed E-state index contributed by atoms with van der Waals surface area (Å²) in [7, 11) is 6.42. The van der Waals surface area contributed by atoms with E-state index in [2.05, 4.69) is 51.5 Å². The summed E-state index contributed by atoms with van der Waals surface area (Å²) in [5.41, 5.74) is 2.84. The quantitative estimate of drug-likeness (QED) is 0.355. The molecule has 0 saturated heterocycles. The highest BCUT2D eigenvalue weighted by molar-refractivity contribution is 9.11. The van der Waals surface area contributed by atoms with Crippen molar-refractivity contribution >= 4 is 65.6 Å². The summed E-state index contributed by atoms with van der Waals surface area (Å²) in [6, 6.07) is 6.97. The fourth-order valence-corrected chi connectivity index (χ4v) is 4.24. The molecule has 0 radical (unpaired) electrons. The molecule has 0 bridgehead atoms. The second-order valence-corrected chi connectivity index (χ2v) is 8.05. The second-order valence-electron chi connectivity index (χ2n) is 6.35. The molecule has 0 saturated carbocycles. The van der Waals surface area contributed by atoms with Crippen molar-refractivity contribution < 1.29 is 19.1 Å². The Balaban J connectivity index is 0.000000171. The maximum Gasteiger partial charge on any atom is 0.337 e. The van der Waals surface area contributed by atoms with E-state index in [1.165, 1.54) is 14.2 Å². The van der Waals surface area contributed by atoms with Crippen LogP contribution in [-0.4, -0.2) is 45.7 Å². The SMILES string of the molecule is COC(=O)c1cc(Br)c2c(cnn2C)c1.COC(=O)c1cc(Br)c2nn(C)cc2c1. The van der Waals surface area contributed by atoms with E-state index >= 15 is 0 Å². The zero-order valence-corrected chi connectivity index (χ0v) is 19.8. The third-order valence-electron chi connectivity index (χ3n) is 4.31. The number of carbonyl (C=O) groups is 2. The molecule has 2 heterocycles. The number of nitrogens with zero attached hydrogens (tertiary/aromatic N) is 4. The van der Waals surface area contributed by atoms with E-state index in [9.17, 15) is 9.59 Å². The lowest BCUT2D eigenvalue weighted by Crippen LogP contribution is -2.01. The maximum absolute atomic E-state index is 11.3. The fourth-order valence-electron chi connectivity index (χ4n) is 2.95. The van der Waals surface area contributed by atoms with Gasteiger partial charge in [0.25, 0.3) is 0 Å². The molecule has 0 N–H and O–H groups in total. The first kappa shape index (κ1) is 22.0. The van der Waals surface area contributed by atoms with Crippen molar-refractivity contribution in [2.24, 2.45) is 14.1 Å². The van der Waals surface area contributed by atoms with E-state index < -0.39 is 0 Å². The van der Waals surface area contributed by atoms with Crippen LogP contribution in [0.4, 0.5) is 0 Å². The summed E-state index contributed by atoms with van der Waals surface area (Å²) < 4.78 is 14.4. The van der Waals surface area contributed by atoms with Gasteiger partial charge in [0.2, 0.25) is 0 Å². The van der Waals surface area contributed by atoms with Crippen molar-refractivity contribution in [1.29, 1.82) is 0 Å². The molecule has 0 atom stereocenters. The zero-order valence-electron chi connectivity index (χ0n) is 16.6. The minimum atomic E-state index is -0.346. The highest BCUT2D eigenvalue weighted by Crippen LogP contribution is 2.26. The Morgan fingerprint density at radius 3 is 2.07 bits per heavy atom. The number of aryl methyl sites for hydroxylation is 2. The van der Waals surface area contributed by atoms with Gasteiger partial charge in [-0.1, -0.05) is 0 Å². The summed E-state index contributed by atoms with van der Waals surface area (Å²) >= 11 is 6.78. The Labute approximate surface area is 189 Å². The van der Waals surface area contributed by atoms with Crippen molar-refractivity contribution in [3.63, 3.8) is 0 Å². The van der Waals surface area contributed by atoms with E-state index in [-0.39, 0.29) is 11.9 Å². The number of halogens is 2. The predicted octanol–water partition coefficient (Wildman–Crippen LogP) is 4.24. The minimum Gasteiger partial charge on any atom is -0.465 e. The largest absolute Gasteiger partial charge is 0.465 e. The van der Waals surface area contributed by atoms with Crippen LogP contribution in [0, 0.1) is 0 Å². The smallest absolute Gasteiger partial charge is 0.337 e. The number of hydrogen-bond acceptors (Lipinski definition) is 6. The highest BCUT2D eigenvalue weighted by atomic mass is 79.9. The predicted molar refractivity (Wildman–Crippen MR) is 120 cm³/mol. The van der Waals surface area contributed by atoms with Crippen LogP contribution in [0.15, 0.2) is 45.6 Å². The van der Waals surface area contributed by atoms with Crippen LogP contribution in [0.5, 0.6) is 0 Å². The molecule has 8 nitrogen and oxygen atoms in total. The average Bonchev–Trinajstić information content (AvgIpc) is 3.29. The first-order valence-electron chi connectivity index (χ1n) is 8.66. The summed E-state index contributed by atoms with van der Waals surface area (Å²) in [4.78, 5) is 22.7. The molecule has 0 unspecified atom stereocenters. The molecular formula is C20H18Br2N4O4. The lowest BCUT2D eigenvalue weighted by atomic mass is 10.1. The van der Waals surface area contributed by atoms with Crippen LogP contribution in [-0.2, 0) is 23.6 Å².